The SMILES string of the molecule is CC(=O)NC1[C@@H](OP(=O)(O)OP(=O)(O)OC[C@H]2O[C@@H](n3ccc(=O)[nH]c3=O)[C@@H](O)C2O)OC(C=O)[C@@H](O)[C@@H]1O. The number of carbonyl (C=O) groups is 2. The number of aliphatic hydroxyl groups is 4. The lowest BCUT2D eigenvalue weighted by Gasteiger charge is -2.40. The Hall–Kier alpha value is -2.16. The molecule has 20 nitrogen and oxygen atoms in total. The van der Waals surface area contributed by atoms with Crippen molar-refractivity contribution >= 4 is 27.8 Å². The molecular formula is C17H25N3O17P2. The fourth-order valence-corrected chi connectivity index (χ4v) is 5.84. The number of aldehydes is 1. The molecular weight excluding hydrogens is 580 g/mol. The second kappa shape index (κ2) is 12.1. The van der Waals surface area contributed by atoms with Gasteiger partial charge in [0, 0.05) is 19.2 Å². The number of aliphatic hydroxyl groups excluding tert-OH is 4. The Balaban J connectivity index is 1.66. The molecule has 1 amide bonds. The second-order valence-electron chi connectivity index (χ2n) is 8.30. The summed E-state index contributed by atoms with van der Waals surface area (Å²) in [5, 5.41) is 42.5. The van der Waals surface area contributed by atoms with Gasteiger partial charge >= 0.3 is 21.3 Å². The van der Waals surface area contributed by atoms with Crippen LogP contribution in [0.25, 0.3) is 0 Å². The van der Waals surface area contributed by atoms with Crippen molar-refractivity contribution in [3.8, 4) is 0 Å². The standard InChI is InChI=1S/C17H25N3O17P2/c1-6(22)18-10-13(26)11(24)7(4-21)35-16(10)36-39(31,32)37-38(29,30)33-5-8-12(25)14(27)15(34-8)20-3-2-9(23)19-17(20)28/h2-4,7-8,10-16,24-27H,5H2,1H3,(H,18,22)(H,29,30)(H,31,32)(H,19,23,28)/t7?,8-,10?,11-,12?,13-,14+,15-,16-/m1/s1. The molecule has 3 heterocycles. The number of hydrogen-bond acceptors (Lipinski definition) is 15. The van der Waals surface area contributed by atoms with Gasteiger partial charge in [0.25, 0.3) is 5.56 Å². The van der Waals surface area contributed by atoms with Gasteiger partial charge in [0.2, 0.25) is 5.91 Å². The third-order valence-corrected chi connectivity index (χ3v) is 8.05. The van der Waals surface area contributed by atoms with E-state index in [1.807, 2.05) is 4.98 Å². The summed E-state index contributed by atoms with van der Waals surface area (Å²) in [6.07, 6.45) is -13.5. The van der Waals surface area contributed by atoms with Gasteiger partial charge in [-0.3, -0.25) is 28.2 Å². The summed E-state index contributed by atoms with van der Waals surface area (Å²) in [5.74, 6) is -0.822. The highest BCUT2D eigenvalue weighted by atomic mass is 31.3. The number of aromatic amines is 1. The van der Waals surface area contributed by atoms with Gasteiger partial charge in [-0.25, -0.2) is 13.9 Å². The lowest BCUT2D eigenvalue weighted by Crippen LogP contribution is -2.64. The predicted octanol–water partition coefficient (Wildman–Crippen LogP) is -4.44. The van der Waals surface area contributed by atoms with Gasteiger partial charge in [-0.15, -0.1) is 0 Å². The number of nitrogens with zero attached hydrogens (tertiary/aromatic N) is 1. The Bertz CT molecular complexity index is 1270. The Morgan fingerprint density at radius 3 is 2.36 bits per heavy atom. The number of amides is 1. The fraction of sp³-hybridized carbons (Fsp3) is 0.647. The molecule has 0 spiro atoms. The summed E-state index contributed by atoms with van der Waals surface area (Å²) >= 11 is 0. The average Bonchev–Trinajstić information content (AvgIpc) is 3.10. The highest BCUT2D eigenvalue weighted by Crippen LogP contribution is 2.61. The van der Waals surface area contributed by atoms with Gasteiger partial charge in [-0.2, -0.15) is 4.31 Å². The van der Waals surface area contributed by atoms with E-state index >= 15 is 0 Å². The Morgan fingerprint density at radius 1 is 1.10 bits per heavy atom. The van der Waals surface area contributed by atoms with Gasteiger partial charge < -0.3 is 49.8 Å². The van der Waals surface area contributed by atoms with Gasteiger partial charge in [-0.05, 0) is 0 Å². The molecule has 0 aliphatic carbocycles. The lowest BCUT2D eigenvalue weighted by atomic mass is 9.97. The monoisotopic (exact) mass is 605 g/mol. The van der Waals surface area contributed by atoms with E-state index in [4.69, 9.17) is 9.47 Å². The zero-order valence-corrected chi connectivity index (χ0v) is 21.4. The first-order valence-electron chi connectivity index (χ1n) is 10.8. The molecule has 0 saturated carbocycles. The number of phosphoric acid groups is 2. The van der Waals surface area contributed by atoms with Crippen LogP contribution in [0.5, 0.6) is 0 Å². The number of H-pyrrole nitrogens is 1. The van der Waals surface area contributed by atoms with Crippen molar-refractivity contribution in [3.63, 3.8) is 0 Å². The quantitative estimate of drug-likeness (QED) is 0.0921. The molecule has 2 aliphatic rings. The first-order valence-corrected chi connectivity index (χ1v) is 13.8. The lowest BCUT2D eigenvalue weighted by molar-refractivity contribution is -0.232. The maximum absolute atomic E-state index is 12.4. The minimum Gasteiger partial charge on any atom is -0.388 e. The molecule has 22 heteroatoms. The van der Waals surface area contributed by atoms with Gasteiger partial charge in [0.1, 0.15) is 42.7 Å². The average molecular weight is 605 g/mol. The number of carbonyl (C=O) groups excluding carboxylic acids is 2. The molecule has 0 aromatic carbocycles. The molecule has 5 unspecified atom stereocenters. The molecule has 2 fully saturated rings. The number of ether oxygens (including phenoxy) is 2. The van der Waals surface area contributed by atoms with Crippen molar-refractivity contribution in [2.45, 2.75) is 62.1 Å². The molecule has 2 aliphatic heterocycles. The van der Waals surface area contributed by atoms with Crippen LogP contribution in [0, 0.1) is 0 Å². The van der Waals surface area contributed by atoms with Crippen molar-refractivity contribution in [1.82, 2.24) is 14.9 Å². The van der Waals surface area contributed by atoms with Crippen LogP contribution in [0.15, 0.2) is 21.9 Å². The smallest absolute Gasteiger partial charge is 0.388 e. The molecule has 39 heavy (non-hydrogen) atoms. The normalized spacial score (nSPS) is 36.0. The maximum atomic E-state index is 12.4. The van der Waals surface area contributed by atoms with E-state index in [2.05, 4.69) is 18.7 Å². The largest absolute Gasteiger partial charge is 0.483 e. The van der Waals surface area contributed by atoms with Gasteiger partial charge in [-0.1, -0.05) is 0 Å². The van der Waals surface area contributed by atoms with E-state index in [9.17, 15) is 58.5 Å². The Kier molecular flexibility index (Phi) is 9.77. The van der Waals surface area contributed by atoms with Crippen LogP contribution < -0.4 is 16.6 Å². The summed E-state index contributed by atoms with van der Waals surface area (Å²) < 4.78 is 48.9. The number of hydrogen-bond donors (Lipinski definition) is 8. The minimum atomic E-state index is -5.66. The van der Waals surface area contributed by atoms with Gasteiger partial charge in [0.05, 0.1) is 6.61 Å². The first-order chi connectivity index (χ1) is 18.0. The second-order valence-corrected chi connectivity index (χ2v) is 11.3. The van der Waals surface area contributed by atoms with E-state index in [1.165, 1.54) is 0 Å². The van der Waals surface area contributed by atoms with Crippen LogP contribution >= 0.6 is 15.6 Å². The number of phosphoric ester groups is 2. The van der Waals surface area contributed by atoms with Crippen LogP contribution in [0.1, 0.15) is 13.2 Å². The maximum Gasteiger partial charge on any atom is 0.483 e. The van der Waals surface area contributed by atoms with E-state index in [-0.39, 0.29) is 6.29 Å². The summed E-state index contributed by atoms with van der Waals surface area (Å²) in [4.78, 5) is 67.4. The Labute approximate surface area is 216 Å². The third-order valence-electron chi connectivity index (χ3n) is 5.45. The van der Waals surface area contributed by atoms with E-state index in [1.54, 1.807) is 0 Å². The zero-order chi connectivity index (χ0) is 29.3. The summed E-state index contributed by atoms with van der Waals surface area (Å²) in [6, 6.07) is -0.820. The molecule has 3 rings (SSSR count). The van der Waals surface area contributed by atoms with E-state index in [0.29, 0.717) is 4.57 Å². The molecule has 0 bridgehead atoms. The molecule has 11 atom stereocenters. The topological polar surface area (TPSA) is 303 Å². The van der Waals surface area contributed by atoms with Crippen molar-refractivity contribution in [3.05, 3.63) is 33.1 Å². The predicted molar refractivity (Wildman–Crippen MR) is 119 cm³/mol. The number of nitrogens with one attached hydrogen (secondary N) is 2. The van der Waals surface area contributed by atoms with Crippen LogP contribution in [0.4, 0.5) is 0 Å². The van der Waals surface area contributed by atoms with Crippen LogP contribution in [-0.2, 0) is 41.6 Å². The number of rotatable bonds is 10. The third kappa shape index (κ3) is 7.53. The minimum absolute atomic E-state index is 0.0210. The van der Waals surface area contributed by atoms with Crippen molar-refractivity contribution in [2.75, 3.05) is 6.61 Å². The van der Waals surface area contributed by atoms with Crippen molar-refractivity contribution < 1.29 is 71.8 Å². The highest BCUT2D eigenvalue weighted by molar-refractivity contribution is 7.61. The summed E-state index contributed by atoms with van der Waals surface area (Å²) in [5.41, 5.74) is -1.76. The molecule has 8 N–H and O–H groups in total. The van der Waals surface area contributed by atoms with Gasteiger partial charge in [0.15, 0.2) is 18.8 Å². The first kappa shape index (κ1) is 31.4. The fourth-order valence-electron chi connectivity index (χ4n) is 3.68. The van der Waals surface area contributed by atoms with E-state index in [0.717, 1.165) is 19.2 Å². The molecule has 220 valence electrons. The molecule has 1 aromatic heterocycles. The summed E-state index contributed by atoms with van der Waals surface area (Å²) in [7, 11) is -11.2. The molecule has 0 radical (unpaired) electrons. The number of aromatic nitrogens is 2. The van der Waals surface area contributed by atoms with Crippen molar-refractivity contribution in [2.24, 2.45) is 0 Å². The highest BCUT2D eigenvalue weighted by Gasteiger charge is 2.50. The zero-order valence-electron chi connectivity index (χ0n) is 19.7. The van der Waals surface area contributed by atoms with Crippen molar-refractivity contribution in [1.29, 1.82) is 0 Å². The van der Waals surface area contributed by atoms with Crippen LogP contribution in [-0.4, -0.2) is 108 Å². The van der Waals surface area contributed by atoms with E-state index < -0.39 is 94.6 Å². The Morgan fingerprint density at radius 2 is 1.77 bits per heavy atom. The molecule has 2 saturated heterocycles. The summed E-state index contributed by atoms with van der Waals surface area (Å²) in [6.45, 7) is -0.0749. The molecule has 1 aromatic rings. The van der Waals surface area contributed by atoms with Crippen LogP contribution in [0.2, 0.25) is 0 Å². The van der Waals surface area contributed by atoms with Crippen LogP contribution in [0.3, 0.4) is 0 Å².